The molecule has 1 aliphatic heterocycles. The van der Waals surface area contributed by atoms with Crippen LogP contribution in [0.2, 0.25) is 0 Å². The molecular weight excluding hydrogens is 252 g/mol. The first kappa shape index (κ1) is 14.9. The van der Waals surface area contributed by atoms with Gasteiger partial charge in [0, 0.05) is 5.69 Å². The van der Waals surface area contributed by atoms with E-state index in [0.717, 1.165) is 25.9 Å². The Bertz CT molecular complexity index is 423. The van der Waals surface area contributed by atoms with Crippen LogP contribution in [0.15, 0.2) is 24.3 Å². The Morgan fingerprint density at radius 1 is 1.25 bits per heavy atom. The fraction of sp³-hybridized carbons (Fsp3) is 0.562. The van der Waals surface area contributed by atoms with E-state index in [1.807, 2.05) is 24.3 Å². The molecule has 20 heavy (non-hydrogen) atoms. The minimum Gasteiger partial charge on any atom is -0.462 e. The van der Waals surface area contributed by atoms with Crippen LogP contribution in [0.4, 0.5) is 5.69 Å². The van der Waals surface area contributed by atoms with Crippen LogP contribution >= 0.6 is 0 Å². The van der Waals surface area contributed by atoms with Crippen molar-refractivity contribution in [1.82, 2.24) is 0 Å². The number of hydrogen-bond donors (Lipinski definition) is 1. The van der Waals surface area contributed by atoms with Gasteiger partial charge in [0.25, 0.3) is 0 Å². The highest BCUT2D eigenvalue weighted by atomic mass is 16.5. The van der Waals surface area contributed by atoms with Gasteiger partial charge in [-0.25, -0.2) is 4.79 Å². The Morgan fingerprint density at radius 2 is 1.90 bits per heavy atom. The van der Waals surface area contributed by atoms with Crippen molar-refractivity contribution in [2.24, 2.45) is 0 Å². The summed E-state index contributed by atoms with van der Waals surface area (Å²) in [6.45, 7) is 7.08. The zero-order valence-corrected chi connectivity index (χ0v) is 12.5. The predicted molar refractivity (Wildman–Crippen MR) is 80.5 cm³/mol. The van der Waals surface area contributed by atoms with Crippen LogP contribution in [0.5, 0.6) is 0 Å². The van der Waals surface area contributed by atoms with Crippen molar-refractivity contribution in [1.29, 1.82) is 0 Å². The summed E-state index contributed by atoms with van der Waals surface area (Å²) >= 11 is 0. The summed E-state index contributed by atoms with van der Waals surface area (Å²) in [5.41, 5.74) is 1.84. The Labute approximate surface area is 121 Å². The van der Waals surface area contributed by atoms with Crippen molar-refractivity contribution in [3.63, 3.8) is 0 Å². The molecule has 0 radical (unpaired) electrons. The van der Waals surface area contributed by atoms with Gasteiger partial charge in [-0.05, 0) is 30.7 Å². The highest BCUT2D eigenvalue weighted by Crippen LogP contribution is 2.15. The Balaban J connectivity index is 1.90. The second-order valence-electron chi connectivity index (χ2n) is 5.48. The van der Waals surface area contributed by atoms with E-state index in [1.54, 1.807) is 4.90 Å². The van der Waals surface area contributed by atoms with Gasteiger partial charge in [-0.2, -0.15) is 0 Å². The summed E-state index contributed by atoms with van der Waals surface area (Å²) < 4.78 is 5.21. The van der Waals surface area contributed by atoms with Crippen molar-refractivity contribution in [3.8, 4) is 0 Å². The molecule has 1 aliphatic rings. The van der Waals surface area contributed by atoms with Gasteiger partial charge in [0.1, 0.15) is 0 Å². The molecule has 1 aromatic rings. The van der Waals surface area contributed by atoms with Gasteiger partial charge in [-0.15, -0.1) is 0 Å². The molecule has 0 aliphatic carbocycles. The maximum atomic E-state index is 11.8. The highest BCUT2D eigenvalue weighted by molar-refractivity contribution is 5.89. The van der Waals surface area contributed by atoms with Gasteiger partial charge in [0.2, 0.25) is 0 Å². The van der Waals surface area contributed by atoms with Crippen molar-refractivity contribution in [3.05, 3.63) is 29.8 Å². The smallest absolute Gasteiger partial charge is 0.338 e. The van der Waals surface area contributed by atoms with Gasteiger partial charge in [-0.3, -0.25) is 0 Å². The van der Waals surface area contributed by atoms with Crippen LogP contribution in [-0.4, -0.2) is 45.8 Å². The van der Waals surface area contributed by atoms with Crippen LogP contribution < -0.4 is 9.80 Å². The van der Waals surface area contributed by atoms with E-state index in [9.17, 15) is 4.79 Å². The molecule has 1 saturated heterocycles. The molecule has 0 spiro atoms. The fourth-order valence-corrected chi connectivity index (χ4v) is 2.35. The van der Waals surface area contributed by atoms with Crippen LogP contribution in [0.3, 0.4) is 0 Å². The van der Waals surface area contributed by atoms with Crippen LogP contribution in [0.25, 0.3) is 0 Å². The van der Waals surface area contributed by atoms with Crippen molar-refractivity contribution in [2.45, 2.75) is 19.8 Å². The lowest BCUT2D eigenvalue weighted by Gasteiger charge is -2.31. The maximum Gasteiger partial charge on any atom is 0.338 e. The number of nitrogens with zero attached hydrogens (tertiary/aromatic N) is 1. The molecule has 0 unspecified atom stereocenters. The monoisotopic (exact) mass is 277 g/mol. The molecule has 2 rings (SSSR count). The standard InChI is InChI=1S/C16H24N2O2/c1-3-4-13-20-16(19)14-5-7-15(8-6-14)18-11-9-17(2)10-12-18/h5-8H,3-4,9-13H2,1-2H3/p+1. The summed E-state index contributed by atoms with van der Waals surface area (Å²) in [6, 6.07) is 7.79. The number of ether oxygens (including phenoxy) is 1. The summed E-state index contributed by atoms with van der Waals surface area (Å²) in [4.78, 5) is 15.8. The number of unbranched alkanes of at least 4 members (excludes halogenated alkanes) is 1. The number of carbonyl (C=O) groups is 1. The fourth-order valence-electron chi connectivity index (χ4n) is 2.35. The molecule has 1 aromatic carbocycles. The highest BCUT2D eigenvalue weighted by Gasteiger charge is 2.17. The van der Waals surface area contributed by atoms with Crippen molar-refractivity contribution in [2.75, 3.05) is 44.7 Å². The van der Waals surface area contributed by atoms with E-state index in [2.05, 4.69) is 18.9 Å². The quantitative estimate of drug-likeness (QED) is 0.643. The van der Waals surface area contributed by atoms with Gasteiger partial charge in [0.05, 0.1) is 45.4 Å². The summed E-state index contributed by atoms with van der Waals surface area (Å²) in [5.74, 6) is -0.215. The number of piperazine rings is 1. The van der Waals surface area contributed by atoms with E-state index in [1.165, 1.54) is 18.8 Å². The summed E-state index contributed by atoms with van der Waals surface area (Å²) in [7, 11) is 2.23. The number of likely N-dealkylation sites (N-methyl/N-ethyl adjacent to an activating group) is 1. The first-order valence-electron chi connectivity index (χ1n) is 7.54. The number of hydrogen-bond acceptors (Lipinski definition) is 3. The first-order valence-corrected chi connectivity index (χ1v) is 7.54. The molecule has 110 valence electrons. The predicted octanol–water partition coefficient (Wildman–Crippen LogP) is 0.978. The number of esters is 1. The number of anilines is 1. The van der Waals surface area contributed by atoms with Gasteiger partial charge < -0.3 is 14.5 Å². The number of nitrogens with one attached hydrogen (secondary N) is 1. The Kier molecular flexibility index (Phi) is 5.41. The molecule has 1 heterocycles. The van der Waals surface area contributed by atoms with E-state index >= 15 is 0 Å². The van der Waals surface area contributed by atoms with Crippen LogP contribution in [0.1, 0.15) is 30.1 Å². The Hall–Kier alpha value is -1.55. The number of carbonyl (C=O) groups excluding carboxylic acids is 1. The van der Waals surface area contributed by atoms with E-state index < -0.39 is 0 Å². The van der Waals surface area contributed by atoms with E-state index in [-0.39, 0.29) is 5.97 Å². The summed E-state index contributed by atoms with van der Waals surface area (Å²) in [5, 5.41) is 0. The SMILES string of the molecule is CCCCOC(=O)c1ccc(N2CC[NH+](C)CC2)cc1. The zero-order valence-electron chi connectivity index (χ0n) is 12.5. The normalized spacial score (nSPS) is 16.2. The number of rotatable bonds is 5. The molecule has 1 N–H and O–H groups in total. The van der Waals surface area contributed by atoms with Crippen molar-refractivity contribution < 1.29 is 14.4 Å². The molecular formula is C16H25N2O2+. The third-order valence-corrected chi connectivity index (χ3v) is 3.82. The van der Waals surface area contributed by atoms with E-state index in [4.69, 9.17) is 4.74 Å². The van der Waals surface area contributed by atoms with Gasteiger partial charge in [0.15, 0.2) is 0 Å². The Morgan fingerprint density at radius 3 is 2.50 bits per heavy atom. The third kappa shape index (κ3) is 3.97. The zero-order chi connectivity index (χ0) is 14.4. The second kappa shape index (κ2) is 7.29. The molecule has 0 saturated carbocycles. The minimum atomic E-state index is -0.215. The van der Waals surface area contributed by atoms with Crippen molar-refractivity contribution >= 4 is 11.7 Å². The number of benzene rings is 1. The molecule has 4 nitrogen and oxygen atoms in total. The van der Waals surface area contributed by atoms with E-state index in [0.29, 0.717) is 12.2 Å². The molecule has 0 aromatic heterocycles. The number of quaternary nitrogens is 1. The molecule has 0 atom stereocenters. The van der Waals surface area contributed by atoms with Crippen LogP contribution in [0, 0.1) is 0 Å². The molecule has 0 bridgehead atoms. The molecule has 4 heteroatoms. The minimum absolute atomic E-state index is 0.215. The largest absolute Gasteiger partial charge is 0.462 e. The van der Waals surface area contributed by atoms with Crippen LogP contribution in [-0.2, 0) is 4.74 Å². The lowest BCUT2D eigenvalue weighted by molar-refractivity contribution is -0.880. The molecule has 1 fully saturated rings. The third-order valence-electron chi connectivity index (χ3n) is 3.82. The summed E-state index contributed by atoms with van der Waals surface area (Å²) in [6.07, 6.45) is 1.96. The topological polar surface area (TPSA) is 34.0 Å². The molecule has 0 amide bonds. The lowest BCUT2D eigenvalue weighted by Crippen LogP contribution is -3.12. The lowest BCUT2D eigenvalue weighted by atomic mass is 10.2. The average molecular weight is 277 g/mol. The van der Waals surface area contributed by atoms with Gasteiger partial charge >= 0.3 is 5.97 Å². The van der Waals surface area contributed by atoms with Gasteiger partial charge in [-0.1, -0.05) is 13.3 Å². The first-order chi connectivity index (χ1) is 9.70. The maximum absolute atomic E-state index is 11.8. The second-order valence-corrected chi connectivity index (χ2v) is 5.48. The average Bonchev–Trinajstić information content (AvgIpc) is 2.48.